The molecule has 1 fully saturated rings. The lowest BCUT2D eigenvalue weighted by atomic mass is 9.85. The lowest BCUT2D eigenvalue weighted by Crippen LogP contribution is -3.14. The van der Waals surface area contributed by atoms with Crippen LogP contribution in [0.2, 0.25) is 10.0 Å². The third-order valence-corrected chi connectivity index (χ3v) is 7.19. The minimum atomic E-state index is 0.102. The van der Waals surface area contributed by atoms with Crippen molar-refractivity contribution in [2.45, 2.75) is 46.1 Å². The Morgan fingerprint density at radius 3 is 2.52 bits per heavy atom. The molecular weight excluding hydrogens is 429 g/mol. The molecule has 2 N–H and O–H groups in total. The molecule has 1 saturated heterocycles. The summed E-state index contributed by atoms with van der Waals surface area (Å²) in [4.78, 5) is 6.27. The number of benzene rings is 2. The van der Waals surface area contributed by atoms with Gasteiger partial charge in [0, 0.05) is 0 Å². The molecule has 0 unspecified atom stereocenters. The first kappa shape index (κ1) is 22.4. The van der Waals surface area contributed by atoms with Gasteiger partial charge in [0.25, 0.3) is 6.01 Å². The lowest BCUT2D eigenvalue weighted by molar-refractivity contribution is -0.907. The number of nitrogens with zero attached hydrogens (tertiary/aromatic N) is 1. The molecule has 166 valence electrons. The number of hydrogen-bond donors (Lipinski definition) is 2. The summed E-state index contributed by atoms with van der Waals surface area (Å²) in [6.45, 7) is 10.3. The van der Waals surface area contributed by atoms with Gasteiger partial charge in [-0.2, -0.15) is 4.98 Å². The molecule has 4 rings (SSSR count). The van der Waals surface area contributed by atoms with Crippen LogP contribution in [0.4, 0.5) is 6.01 Å². The van der Waals surface area contributed by atoms with Crippen LogP contribution in [0.25, 0.3) is 11.1 Å². The van der Waals surface area contributed by atoms with Crippen molar-refractivity contribution in [3.63, 3.8) is 0 Å². The van der Waals surface area contributed by atoms with Gasteiger partial charge in [0.15, 0.2) is 5.58 Å². The molecule has 2 heterocycles. The maximum absolute atomic E-state index is 6.19. The van der Waals surface area contributed by atoms with E-state index in [1.807, 2.05) is 36.4 Å². The van der Waals surface area contributed by atoms with E-state index in [-0.39, 0.29) is 11.5 Å². The number of oxazole rings is 1. The summed E-state index contributed by atoms with van der Waals surface area (Å²) < 4.78 is 5.93. The Kier molecular flexibility index (Phi) is 6.80. The largest absolute Gasteiger partial charge is 0.424 e. The van der Waals surface area contributed by atoms with Crippen LogP contribution in [0, 0.1) is 11.3 Å². The number of piperidine rings is 1. The zero-order valence-corrected chi connectivity index (χ0v) is 20.1. The first-order chi connectivity index (χ1) is 14.8. The predicted octanol–water partition coefficient (Wildman–Crippen LogP) is 5.50. The number of quaternary nitrogens is 1. The Morgan fingerprint density at radius 1 is 1.10 bits per heavy atom. The number of rotatable bonds is 6. The number of anilines is 1. The Hall–Kier alpha value is -1.75. The van der Waals surface area contributed by atoms with Crippen LogP contribution in [0.5, 0.6) is 0 Å². The topological polar surface area (TPSA) is 42.5 Å². The van der Waals surface area contributed by atoms with E-state index in [1.165, 1.54) is 31.5 Å². The van der Waals surface area contributed by atoms with Gasteiger partial charge in [-0.15, -0.1) is 0 Å². The minimum absolute atomic E-state index is 0.102. The first-order valence-electron chi connectivity index (χ1n) is 11.2. The van der Waals surface area contributed by atoms with Crippen molar-refractivity contribution in [2.24, 2.45) is 11.3 Å². The van der Waals surface area contributed by atoms with Crippen LogP contribution in [-0.4, -0.2) is 30.7 Å². The van der Waals surface area contributed by atoms with Crippen LogP contribution < -0.4 is 10.2 Å². The molecule has 1 aliphatic heterocycles. The van der Waals surface area contributed by atoms with E-state index in [2.05, 4.69) is 37.1 Å². The summed E-state index contributed by atoms with van der Waals surface area (Å²) >= 11 is 12.2. The molecule has 0 radical (unpaired) electrons. The molecule has 1 aliphatic rings. The van der Waals surface area contributed by atoms with E-state index in [1.54, 1.807) is 4.90 Å². The number of likely N-dealkylation sites (tertiary alicyclic amines) is 1. The fraction of sp³-hybridized carbons (Fsp3) is 0.480. The zero-order valence-electron chi connectivity index (χ0n) is 18.6. The van der Waals surface area contributed by atoms with Gasteiger partial charge >= 0.3 is 0 Å². The second-order valence-electron chi connectivity index (χ2n) is 9.90. The molecule has 0 amide bonds. The molecule has 3 aromatic rings. The normalized spacial score (nSPS) is 20.7. The number of hydrogen-bond acceptors (Lipinski definition) is 3. The highest BCUT2D eigenvalue weighted by Crippen LogP contribution is 2.27. The van der Waals surface area contributed by atoms with E-state index >= 15 is 0 Å². The average Bonchev–Trinajstić information content (AvgIpc) is 3.13. The number of aromatic nitrogens is 1. The summed E-state index contributed by atoms with van der Waals surface area (Å²) in [6, 6.07) is 14.8. The van der Waals surface area contributed by atoms with Crippen molar-refractivity contribution in [3.05, 3.63) is 58.1 Å². The standard InChI is InChI=1S/C25H31Cl2N3O/c1-25(2,3)23(29-24-28-21-6-4-5-7-22(21)31-24)16-30-12-10-17(11-13-30)14-18-8-9-19(26)20(27)15-18/h4-9,15,17,23H,10-14,16H2,1-3H3,(H,28,29)/p+1/t23-/m1/s1. The highest BCUT2D eigenvalue weighted by Gasteiger charge is 2.32. The highest BCUT2D eigenvalue weighted by atomic mass is 35.5. The molecule has 31 heavy (non-hydrogen) atoms. The van der Waals surface area contributed by atoms with Gasteiger partial charge in [0.2, 0.25) is 0 Å². The molecule has 0 saturated carbocycles. The minimum Gasteiger partial charge on any atom is -0.424 e. The van der Waals surface area contributed by atoms with Crippen molar-refractivity contribution in [3.8, 4) is 0 Å². The summed E-state index contributed by atoms with van der Waals surface area (Å²) in [5, 5.41) is 4.87. The SMILES string of the molecule is CC(C)(C)[C@@H](C[NH+]1CCC(Cc2ccc(Cl)c(Cl)c2)CC1)Nc1nc2ccccc2o1. The third-order valence-electron chi connectivity index (χ3n) is 6.45. The van der Waals surface area contributed by atoms with Gasteiger partial charge < -0.3 is 14.6 Å². The number of para-hydroxylation sites is 2. The monoisotopic (exact) mass is 460 g/mol. The van der Waals surface area contributed by atoms with Crippen LogP contribution in [0.3, 0.4) is 0 Å². The molecule has 0 aliphatic carbocycles. The van der Waals surface area contributed by atoms with Crippen LogP contribution >= 0.6 is 23.2 Å². The van der Waals surface area contributed by atoms with E-state index < -0.39 is 0 Å². The number of fused-ring (bicyclic) bond motifs is 1. The van der Waals surface area contributed by atoms with E-state index in [9.17, 15) is 0 Å². The summed E-state index contributed by atoms with van der Waals surface area (Å²) in [5.74, 6) is 0.707. The molecule has 6 heteroatoms. The van der Waals surface area contributed by atoms with Crippen LogP contribution in [0.15, 0.2) is 46.9 Å². The van der Waals surface area contributed by atoms with Gasteiger partial charge in [-0.1, -0.05) is 62.2 Å². The average molecular weight is 461 g/mol. The maximum Gasteiger partial charge on any atom is 0.296 e. The van der Waals surface area contributed by atoms with Crippen molar-refractivity contribution in [1.82, 2.24) is 4.98 Å². The molecule has 0 bridgehead atoms. The highest BCUT2D eigenvalue weighted by molar-refractivity contribution is 6.42. The van der Waals surface area contributed by atoms with Crippen molar-refractivity contribution >= 4 is 40.3 Å². The maximum atomic E-state index is 6.19. The fourth-order valence-corrected chi connectivity index (χ4v) is 4.76. The number of nitrogens with one attached hydrogen (secondary N) is 2. The van der Waals surface area contributed by atoms with Gasteiger partial charge in [0.05, 0.1) is 35.7 Å². The fourth-order valence-electron chi connectivity index (χ4n) is 4.44. The van der Waals surface area contributed by atoms with Gasteiger partial charge in [-0.25, -0.2) is 0 Å². The predicted molar refractivity (Wildman–Crippen MR) is 129 cm³/mol. The summed E-state index contributed by atoms with van der Waals surface area (Å²) in [7, 11) is 0. The Balaban J connectivity index is 1.34. The number of halogens is 2. The van der Waals surface area contributed by atoms with E-state index in [0.717, 1.165) is 24.1 Å². The van der Waals surface area contributed by atoms with Gasteiger partial charge in [-0.3, -0.25) is 0 Å². The van der Waals surface area contributed by atoms with Crippen molar-refractivity contribution < 1.29 is 9.32 Å². The van der Waals surface area contributed by atoms with E-state index in [4.69, 9.17) is 27.6 Å². The van der Waals surface area contributed by atoms with E-state index in [0.29, 0.717) is 22.0 Å². The third kappa shape index (κ3) is 5.74. The summed E-state index contributed by atoms with van der Waals surface area (Å²) in [6.07, 6.45) is 3.54. The zero-order chi connectivity index (χ0) is 22.0. The lowest BCUT2D eigenvalue weighted by Gasteiger charge is -2.36. The summed E-state index contributed by atoms with van der Waals surface area (Å²) in [5.41, 5.74) is 3.11. The van der Waals surface area contributed by atoms with Crippen LogP contribution in [0.1, 0.15) is 39.2 Å². The Bertz CT molecular complexity index is 986. The quantitative estimate of drug-likeness (QED) is 0.510. The smallest absolute Gasteiger partial charge is 0.296 e. The molecule has 1 atom stereocenters. The Morgan fingerprint density at radius 2 is 1.84 bits per heavy atom. The molecular formula is C25H32Cl2N3O+. The van der Waals surface area contributed by atoms with Crippen molar-refractivity contribution in [2.75, 3.05) is 25.0 Å². The molecule has 2 aromatic carbocycles. The first-order valence-corrected chi connectivity index (χ1v) is 11.9. The second-order valence-corrected chi connectivity index (χ2v) is 10.7. The second kappa shape index (κ2) is 9.40. The molecule has 1 aromatic heterocycles. The molecule has 4 nitrogen and oxygen atoms in total. The van der Waals surface area contributed by atoms with Crippen LogP contribution in [-0.2, 0) is 6.42 Å². The van der Waals surface area contributed by atoms with Gasteiger partial charge in [0.1, 0.15) is 5.52 Å². The van der Waals surface area contributed by atoms with Gasteiger partial charge in [-0.05, 0) is 60.4 Å². The van der Waals surface area contributed by atoms with Crippen molar-refractivity contribution in [1.29, 1.82) is 0 Å². The Labute approximate surface area is 194 Å². The molecule has 0 spiro atoms.